The zero-order chi connectivity index (χ0) is 48.3. The van der Waals surface area contributed by atoms with E-state index in [0.717, 1.165) is 125 Å². The van der Waals surface area contributed by atoms with E-state index >= 15 is 0 Å². The second-order valence-corrected chi connectivity index (χ2v) is 21.1. The molecule has 4 saturated heterocycles. The highest BCUT2D eigenvalue weighted by Gasteiger charge is 2.41. The summed E-state index contributed by atoms with van der Waals surface area (Å²) in [5, 5.41) is 19.4. The quantitative estimate of drug-likeness (QED) is 0.150. The van der Waals surface area contributed by atoms with Crippen LogP contribution < -0.4 is 19.6 Å². The Balaban J connectivity index is 0.705. The van der Waals surface area contributed by atoms with Gasteiger partial charge in [-0.25, -0.2) is 8.78 Å². The number of fused-ring (bicyclic) bond motifs is 2. The molecule has 13 nitrogen and oxygen atoms in total. The summed E-state index contributed by atoms with van der Waals surface area (Å²) >= 11 is 6.37. The number of carbonyl (C=O) groups is 2. The van der Waals surface area contributed by atoms with Gasteiger partial charge in [0.1, 0.15) is 6.07 Å². The standard InChI is InChI=1S/C54H62ClF2N11O2/c1-36(69)65-24-15-49-47(34-65)52(67-19-3-4-38-28-45(40-32-59-61(2)33-40)46(51(56)57)30-50(38)67)60-68(49)43-13-22-64(23-14-43)53(70)37-11-20-62(21-12-37)41-7-9-42(10-8-41)63-25-16-54(17-26-63)18-27-66(35-54)44-6-5-39(31-58)48(55)29-44/h5-10,28-30,32-33,37,43,51H,3-4,11-27,34-35H2,1-2H3. The second kappa shape index (κ2) is 18.9. The predicted molar refractivity (Wildman–Crippen MR) is 269 cm³/mol. The van der Waals surface area contributed by atoms with Crippen molar-refractivity contribution in [3.05, 3.63) is 100.0 Å². The van der Waals surface area contributed by atoms with Crippen molar-refractivity contribution in [1.29, 1.82) is 5.26 Å². The molecule has 6 aliphatic heterocycles. The average Bonchev–Trinajstić information content (AvgIpc) is 4.13. The predicted octanol–water partition coefficient (Wildman–Crippen LogP) is 9.31. The van der Waals surface area contributed by atoms with Gasteiger partial charge in [-0.1, -0.05) is 11.6 Å². The van der Waals surface area contributed by atoms with Gasteiger partial charge in [-0.05, 0) is 129 Å². The molecule has 0 aliphatic carbocycles. The first-order chi connectivity index (χ1) is 33.9. The fraction of sp³-hybridized carbons (Fsp3) is 0.500. The number of nitriles is 1. The number of nitrogens with zero attached hydrogens (tertiary/aromatic N) is 11. The summed E-state index contributed by atoms with van der Waals surface area (Å²) in [5.74, 6) is 1.02. The molecule has 1 spiro atoms. The third-order valence-corrected chi connectivity index (χ3v) is 16.9. The number of hydrogen-bond acceptors (Lipinski definition) is 9. The number of alkyl halides is 2. The lowest BCUT2D eigenvalue weighted by Crippen LogP contribution is -2.46. The van der Waals surface area contributed by atoms with Gasteiger partial charge in [-0.15, -0.1) is 0 Å². The largest absolute Gasteiger partial charge is 0.371 e. The zero-order valence-electron chi connectivity index (χ0n) is 40.3. The molecular weight excluding hydrogens is 908 g/mol. The Morgan fingerprint density at radius 3 is 2.14 bits per heavy atom. The number of rotatable bonds is 8. The minimum absolute atomic E-state index is 0.00533. The van der Waals surface area contributed by atoms with E-state index in [1.54, 1.807) is 37.1 Å². The maximum Gasteiger partial charge on any atom is 0.264 e. The lowest BCUT2D eigenvalue weighted by atomic mass is 9.77. The normalized spacial score (nSPS) is 19.8. The van der Waals surface area contributed by atoms with Gasteiger partial charge in [0.2, 0.25) is 11.8 Å². The summed E-state index contributed by atoms with van der Waals surface area (Å²) < 4.78 is 33.4. The van der Waals surface area contributed by atoms with Crippen LogP contribution in [-0.2, 0) is 36.0 Å². The summed E-state index contributed by atoms with van der Waals surface area (Å²) in [6.45, 7) is 10.4. The van der Waals surface area contributed by atoms with Gasteiger partial charge >= 0.3 is 0 Å². The lowest BCUT2D eigenvalue weighted by Gasteiger charge is -2.41. The van der Waals surface area contributed by atoms with Crippen LogP contribution >= 0.6 is 11.6 Å². The van der Waals surface area contributed by atoms with Crippen LogP contribution in [0.3, 0.4) is 0 Å². The molecule has 11 rings (SSSR count). The third kappa shape index (κ3) is 8.75. The molecule has 4 fully saturated rings. The number of amides is 2. The van der Waals surface area contributed by atoms with Crippen molar-refractivity contribution in [2.24, 2.45) is 18.4 Å². The minimum atomic E-state index is -2.67. The van der Waals surface area contributed by atoms with Crippen molar-refractivity contribution >= 4 is 52.0 Å². The van der Waals surface area contributed by atoms with Gasteiger partial charge in [0.15, 0.2) is 5.82 Å². The summed E-state index contributed by atoms with van der Waals surface area (Å²) in [4.78, 5) is 40.2. The molecule has 3 aromatic carbocycles. The maximum atomic E-state index is 14.8. The van der Waals surface area contributed by atoms with Gasteiger partial charge < -0.3 is 29.4 Å². The number of anilines is 5. The SMILES string of the molecule is CC(=O)N1CCc2c(c(N3CCCc4cc(-c5cnn(C)c5)c(C(F)F)cc43)nn2C2CCN(C(=O)C3CCN(c4ccc(N5CCC6(CC5)CCN(c5ccc(C#N)c(Cl)c5)C6)cc4)CC3)CC2)C1. The maximum absolute atomic E-state index is 14.8. The Bertz CT molecular complexity index is 2810. The zero-order valence-corrected chi connectivity index (χ0v) is 41.1. The van der Waals surface area contributed by atoms with E-state index in [-0.39, 0.29) is 29.3 Å². The second-order valence-electron chi connectivity index (χ2n) is 20.7. The number of aromatic nitrogens is 4. The van der Waals surface area contributed by atoms with Crippen LogP contribution in [0, 0.1) is 22.7 Å². The van der Waals surface area contributed by atoms with E-state index in [1.807, 2.05) is 29.2 Å². The van der Waals surface area contributed by atoms with Crippen LogP contribution in [0.2, 0.25) is 5.02 Å². The highest BCUT2D eigenvalue weighted by atomic mass is 35.5. The van der Waals surface area contributed by atoms with Crippen molar-refractivity contribution in [3.8, 4) is 17.2 Å². The molecule has 2 aromatic heterocycles. The number of likely N-dealkylation sites (tertiary alicyclic amines) is 1. The summed E-state index contributed by atoms with van der Waals surface area (Å²) in [7, 11) is 1.79. The Morgan fingerprint density at radius 1 is 0.814 bits per heavy atom. The highest BCUT2D eigenvalue weighted by Crippen LogP contribution is 2.46. The van der Waals surface area contributed by atoms with Crippen LogP contribution in [-0.4, -0.2) is 107 Å². The molecule has 366 valence electrons. The molecule has 0 radical (unpaired) electrons. The van der Waals surface area contributed by atoms with Crippen LogP contribution in [0.15, 0.2) is 67.0 Å². The van der Waals surface area contributed by atoms with Crippen LogP contribution in [0.5, 0.6) is 0 Å². The first kappa shape index (κ1) is 46.3. The number of piperidine rings is 3. The van der Waals surface area contributed by atoms with Crippen molar-refractivity contribution < 1.29 is 18.4 Å². The van der Waals surface area contributed by atoms with Crippen molar-refractivity contribution in [2.75, 3.05) is 85.0 Å². The van der Waals surface area contributed by atoms with Crippen LogP contribution in [0.4, 0.5) is 37.3 Å². The van der Waals surface area contributed by atoms with Gasteiger partial charge in [0.25, 0.3) is 6.43 Å². The topological polar surface area (TPSA) is 113 Å². The summed E-state index contributed by atoms with van der Waals surface area (Å²) in [6.07, 6.45) is 9.73. The number of halogens is 3. The average molecular weight is 971 g/mol. The van der Waals surface area contributed by atoms with E-state index < -0.39 is 6.43 Å². The smallest absolute Gasteiger partial charge is 0.264 e. The van der Waals surface area contributed by atoms with Crippen molar-refractivity contribution in [1.82, 2.24) is 29.4 Å². The van der Waals surface area contributed by atoms with E-state index in [1.165, 1.54) is 17.8 Å². The van der Waals surface area contributed by atoms with Gasteiger partial charge in [-0.3, -0.25) is 19.0 Å². The minimum Gasteiger partial charge on any atom is -0.371 e. The first-order valence-electron chi connectivity index (χ1n) is 25.3. The number of aryl methyl sites for hydroxylation is 2. The number of hydrogen-bond donors (Lipinski definition) is 0. The Hall–Kier alpha value is -6.14. The van der Waals surface area contributed by atoms with Gasteiger partial charge in [0.05, 0.1) is 29.4 Å². The lowest BCUT2D eigenvalue weighted by molar-refractivity contribution is -0.137. The molecule has 70 heavy (non-hydrogen) atoms. The molecule has 0 N–H and O–H groups in total. The molecule has 16 heteroatoms. The van der Waals surface area contributed by atoms with E-state index in [9.17, 15) is 23.6 Å². The van der Waals surface area contributed by atoms with Gasteiger partial charge in [-0.2, -0.15) is 15.5 Å². The summed E-state index contributed by atoms with van der Waals surface area (Å²) in [5.41, 5.74) is 9.41. The first-order valence-corrected chi connectivity index (χ1v) is 25.7. The van der Waals surface area contributed by atoms with Crippen molar-refractivity contribution in [3.63, 3.8) is 0 Å². The molecule has 2 amide bonds. The Labute approximate surface area is 414 Å². The monoisotopic (exact) mass is 969 g/mol. The molecule has 8 heterocycles. The molecule has 0 saturated carbocycles. The highest BCUT2D eigenvalue weighted by molar-refractivity contribution is 6.32. The molecule has 5 aromatic rings. The molecule has 6 aliphatic rings. The number of benzene rings is 3. The third-order valence-electron chi connectivity index (χ3n) is 16.6. The number of carbonyl (C=O) groups excluding carboxylic acids is 2. The van der Waals surface area contributed by atoms with E-state index in [2.05, 4.69) is 64.6 Å². The van der Waals surface area contributed by atoms with E-state index in [0.29, 0.717) is 66.3 Å². The summed E-state index contributed by atoms with van der Waals surface area (Å²) in [6, 6.07) is 20.6. The Kier molecular flexibility index (Phi) is 12.5. The van der Waals surface area contributed by atoms with Crippen LogP contribution in [0.25, 0.3) is 11.1 Å². The van der Waals surface area contributed by atoms with Gasteiger partial charge in [0, 0.05) is 143 Å². The molecular formula is C54H62ClF2N11O2. The molecule has 0 unspecified atom stereocenters. The van der Waals surface area contributed by atoms with E-state index in [4.69, 9.17) is 16.7 Å². The fourth-order valence-corrected chi connectivity index (χ4v) is 12.7. The van der Waals surface area contributed by atoms with Crippen molar-refractivity contribution in [2.45, 2.75) is 90.1 Å². The fourth-order valence-electron chi connectivity index (χ4n) is 12.5. The molecule has 0 atom stereocenters. The Morgan fingerprint density at radius 2 is 1.50 bits per heavy atom. The molecule has 0 bridgehead atoms. The van der Waals surface area contributed by atoms with Crippen LogP contribution in [0.1, 0.15) is 98.7 Å².